The summed E-state index contributed by atoms with van der Waals surface area (Å²) in [5.41, 5.74) is 1.76. The first kappa shape index (κ1) is 14.2. The lowest BCUT2D eigenvalue weighted by Gasteiger charge is -2.21. The second-order valence-corrected chi connectivity index (χ2v) is 4.57. The third kappa shape index (κ3) is 4.18. The van der Waals surface area contributed by atoms with Gasteiger partial charge in [-0.15, -0.1) is 0 Å². The van der Waals surface area contributed by atoms with Gasteiger partial charge < -0.3 is 20.1 Å². The van der Waals surface area contributed by atoms with Gasteiger partial charge in [-0.1, -0.05) is 17.7 Å². The summed E-state index contributed by atoms with van der Waals surface area (Å²) >= 11 is 0. The summed E-state index contributed by atoms with van der Waals surface area (Å²) in [6.07, 6.45) is -0.0987. The number of carbonyl (C=O) groups is 2. The summed E-state index contributed by atoms with van der Waals surface area (Å²) < 4.78 is 0. The first-order chi connectivity index (χ1) is 8.40. The average molecular weight is 250 g/mol. The maximum absolute atomic E-state index is 11.7. The Morgan fingerprint density at radius 2 is 1.83 bits per heavy atom. The van der Waals surface area contributed by atoms with E-state index in [1.807, 2.05) is 19.1 Å². The zero-order chi connectivity index (χ0) is 13.7. The normalized spacial score (nSPS) is 12.2. The minimum atomic E-state index is -1.21. The molecule has 1 aromatic rings. The topological polar surface area (TPSA) is 73.7 Å². The molecule has 0 bridgehead atoms. The number of benzene rings is 1. The fourth-order valence-electron chi connectivity index (χ4n) is 1.56. The Kier molecular flexibility index (Phi) is 4.85. The lowest BCUT2D eigenvalue weighted by atomic mass is 10.1. The first-order valence-corrected chi connectivity index (χ1v) is 5.77. The highest BCUT2D eigenvalue weighted by Crippen LogP contribution is 2.08. The minimum absolute atomic E-state index is 0.0987. The van der Waals surface area contributed by atoms with Crippen LogP contribution in [0.25, 0.3) is 0 Å². The summed E-state index contributed by atoms with van der Waals surface area (Å²) in [6, 6.07) is 6.48. The average Bonchev–Trinajstić information content (AvgIpc) is 2.28. The molecule has 0 aliphatic rings. The molecule has 1 amide bonds. The van der Waals surface area contributed by atoms with Gasteiger partial charge in [0, 0.05) is 5.69 Å². The van der Waals surface area contributed by atoms with Gasteiger partial charge in [-0.3, -0.25) is 4.79 Å². The Labute approximate surface area is 106 Å². The van der Waals surface area contributed by atoms with Crippen molar-refractivity contribution in [3.05, 3.63) is 29.8 Å². The van der Waals surface area contributed by atoms with Gasteiger partial charge in [-0.05, 0) is 19.1 Å². The molecule has 1 aromatic carbocycles. The second kappa shape index (κ2) is 6.16. The van der Waals surface area contributed by atoms with E-state index in [2.05, 4.69) is 5.32 Å². The van der Waals surface area contributed by atoms with E-state index < -0.39 is 12.0 Å². The molecule has 0 aliphatic heterocycles. The molecular weight excluding hydrogens is 232 g/mol. The Balaban J connectivity index is 2.60. The van der Waals surface area contributed by atoms with Crippen molar-refractivity contribution in [3.8, 4) is 0 Å². The molecule has 0 heterocycles. The van der Waals surface area contributed by atoms with Crippen molar-refractivity contribution in [1.82, 2.24) is 0 Å². The number of hydrogen-bond acceptors (Lipinski definition) is 3. The fraction of sp³-hybridized carbons (Fsp3) is 0.385. The van der Waals surface area contributed by atoms with Crippen LogP contribution >= 0.6 is 0 Å². The Morgan fingerprint density at radius 3 is 2.28 bits per heavy atom. The summed E-state index contributed by atoms with van der Waals surface area (Å²) in [7, 11) is 3.36. The van der Waals surface area contributed by atoms with E-state index >= 15 is 0 Å². The Hall–Kier alpha value is -1.88. The van der Waals surface area contributed by atoms with E-state index in [0.717, 1.165) is 5.56 Å². The van der Waals surface area contributed by atoms with E-state index in [9.17, 15) is 14.7 Å². The predicted molar refractivity (Wildman–Crippen MR) is 66.0 cm³/mol. The van der Waals surface area contributed by atoms with E-state index in [1.165, 1.54) is 0 Å². The number of likely N-dealkylation sites (N-methyl/N-ethyl adjacent to an activating group) is 1. The monoisotopic (exact) mass is 250 g/mol. The number of nitrogens with one attached hydrogen (secondary N) is 2. The third-order valence-electron chi connectivity index (χ3n) is 2.71. The number of quaternary nitrogens is 1. The molecule has 0 spiro atoms. The van der Waals surface area contributed by atoms with Gasteiger partial charge in [0.15, 0.2) is 0 Å². The molecule has 1 unspecified atom stereocenters. The van der Waals surface area contributed by atoms with E-state index in [1.54, 1.807) is 26.2 Å². The molecule has 0 fully saturated rings. The molecule has 98 valence electrons. The standard InChI is InChI=1S/C13H18N2O3/c1-9-4-6-10(7-5-9)14-12(16)8-11(13(17)18)15(2)3/h4-7,11H,8H2,1-3H3,(H,14,16)(H,17,18). The highest BCUT2D eigenvalue weighted by molar-refractivity contribution is 5.93. The molecular formula is C13H18N2O3. The first-order valence-electron chi connectivity index (χ1n) is 5.77. The highest BCUT2D eigenvalue weighted by Gasteiger charge is 2.20. The van der Waals surface area contributed by atoms with Gasteiger partial charge in [0.05, 0.1) is 26.5 Å². The predicted octanol–water partition coefficient (Wildman–Crippen LogP) is -1.41. The second-order valence-electron chi connectivity index (χ2n) is 4.57. The van der Waals surface area contributed by atoms with Gasteiger partial charge in [0.2, 0.25) is 5.91 Å². The van der Waals surface area contributed by atoms with E-state index in [0.29, 0.717) is 10.6 Å². The van der Waals surface area contributed by atoms with Crippen LogP contribution in [-0.4, -0.2) is 32.0 Å². The van der Waals surface area contributed by atoms with Crippen LogP contribution in [0.2, 0.25) is 0 Å². The molecule has 0 saturated carbocycles. The van der Waals surface area contributed by atoms with Crippen molar-refractivity contribution >= 4 is 17.6 Å². The molecule has 5 nitrogen and oxygen atoms in total. The number of anilines is 1. The van der Waals surface area contributed by atoms with Crippen LogP contribution in [0.15, 0.2) is 24.3 Å². The molecule has 0 radical (unpaired) electrons. The number of carboxylic acid groups (broad SMARTS) is 1. The molecule has 0 saturated heterocycles. The van der Waals surface area contributed by atoms with Crippen molar-refractivity contribution in [2.24, 2.45) is 0 Å². The van der Waals surface area contributed by atoms with Crippen molar-refractivity contribution in [2.45, 2.75) is 19.4 Å². The summed E-state index contributed by atoms with van der Waals surface area (Å²) in [5, 5.41) is 13.5. The van der Waals surface area contributed by atoms with Gasteiger partial charge in [-0.25, -0.2) is 0 Å². The molecule has 5 heteroatoms. The van der Waals surface area contributed by atoms with Gasteiger partial charge in [0.1, 0.15) is 6.04 Å². The molecule has 2 N–H and O–H groups in total. The molecule has 1 rings (SSSR count). The quantitative estimate of drug-likeness (QED) is 0.674. The van der Waals surface area contributed by atoms with Crippen LogP contribution in [0.1, 0.15) is 12.0 Å². The number of amides is 1. The summed E-state index contributed by atoms with van der Waals surface area (Å²) in [6.45, 7) is 1.95. The SMILES string of the molecule is Cc1ccc(NC(=O)CC(C(=O)[O-])[NH+](C)C)cc1. The van der Waals surface area contributed by atoms with Crippen LogP contribution < -0.4 is 15.3 Å². The van der Waals surface area contributed by atoms with Gasteiger partial charge in [-0.2, -0.15) is 0 Å². The molecule has 18 heavy (non-hydrogen) atoms. The van der Waals surface area contributed by atoms with Crippen molar-refractivity contribution in [1.29, 1.82) is 0 Å². The third-order valence-corrected chi connectivity index (χ3v) is 2.71. The van der Waals surface area contributed by atoms with Crippen LogP contribution in [0.4, 0.5) is 5.69 Å². The zero-order valence-electron chi connectivity index (χ0n) is 10.8. The maximum Gasteiger partial charge on any atom is 0.230 e. The van der Waals surface area contributed by atoms with Crippen LogP contribution in [0, 0.1) is 6.92 Å². The summed E-state index contributed by atoms with van der Waals surface area (Å²) in [4.78, 5) is 23.2. The lowest BCUT2D eigenvalue weighted by Crippen LogP contribution is -3.12. The zero-order valence-corrected chi connectivity index (χ0v) is 10.8. The number of hydrogen-bond donors (Lipinski definition) is 2. The number of rotatable bonds is 5. The Bertz CT molecular complexity index is 426. The van der Waals surface area contributed by atoms with E-state index in [-0.39, 0.29) is 12.3 Å². The smallest absolute Gasteiger partial charge is 0.230 e. The largest absolute Gasteiger partial charge is 0.544 e. The van der Waals surface area contributed by atoms with Gasteiger partial charge in [0.25, 0.3) is 0 Å². The fourth-order valence-corrected chi connectivity index (χ4v) is 1.56. The van der Waals surface area contributed by atoms with E-state index in [4.69, 9.17) is 0 Å². The van der Waals surface area contributed by atoms with Crippen LogP contribution in [0.5, 0.6) is 0 Å². The van der Waals surface area contributed by atoms with Gasteiger partial charge >= 0.3 is 0 Å². The maximum atomic E-state index is 11.7. The van der Waals surface area contributed by atoms with Crippen LogP contribution in [-0.2, 0) is 9.59 Å². The van der Waals surface area contributed by atoms with Crippen molar-refractivity contribution in [2.75, 3.05) is 19.4 Å². The minimum Gasteiger partial charge on any atom is -0.544 e. The lowest BCUT2D eigenvalue weighted by molar-refractivity contribution is -0.878. The number of aryl methyl sites for hydroxylation is 1. The van der Waals surface area contributed by atoms with Crippen molar-refractivity contribution < 1.29 is 19.6 Å². The van der Waals surface area contributed by atoms with Crippen molar-refractivity contribution in [3.63, 3.8) is 0 Å². The summed E-state index contributed by atoms with van der Waals surface area (Å²) in [5.74, 6) is -1.54. The molecule has 0 aromatic heterocycles. The molecule has 1 atom stereocenters. The molecule has 0 aliphatic carbocycles. The highest BCUT2D eigenvalue weighted by atomic mass is 16.4. The number of aliphatic carboxylic acids is 1. The number of carbonyl (C=O) groups excluding carboxylic acids is 2. The van der Waals surface area contributed by atoms with Crippen LogP contribution in [0.3, 0.4) is 0 Å². The Morgan fingerprint density at radius 1 is 1.28 bits per heavy atom. The number of carboxylic acids is 1.